The van der Waals surface area contributed by atoms with Crippen LogP contribution in [0.25, 0.3) is 6.08 Å². The molecule has 1 aromatic carbocycles. The lowest BCUT2D eigenvalue weighted by Crippen LogP contribution is -2.10. The van der Waals surface area contributed by atoms with Crippen LogP contribution in [0, 0.1) is 11.7 Å². The van der Waals surface area contributed by atoms with Gasteiger partial charge in [0.05, 0.1) is 5.02 Å². The van der Waals surface area contributed by atoms with Gasteiger partial charge in [0, 0.05) is 5.33 Å². The van der Waals surface area contributed by atoms with E-state index in [1.807, 2.05) is 0 Å². The zero-order valence-electron chi connectivity index (χ0n) is 10.3. The topological polar surface area (TPSA) is 0 Å². The summed E-state index contributed by atoms with van der Waals surface area (Å²) < 4.78 is 13.0. The predicted molar refractivity (Wildman–Crippen MR) is 79.8 cm³/mol. The third kappa shape index (κ3) is 3.58. The Bertz CT molecular complexity index is 436. The fraction of sp³-hybridized carbons (Fsp3) is 0.467. The second-order valence-corrected chi connectivity index (χ2v) is 5.82. The van der Waals surface area contributed by atoms with E-state index in [1.54, 1.807) is 6.07 Å². The van der Waals surface area contributed by atoms with Crippen LogP contribution in [-0.4, -0.2) is 5.33 Å². The van der Waals surface area contributed by atoms with Crippen molar-refractivity contribution in [3.8, 4) is 0 Å². The molecule has 0 radical (unpaired) electrons. The molecule has 0 atom stereocenters. The van der Waals surface area contributed by atoms with Gasteiger partial charge >= 0.3 is 0 Å². The van der Waals surface area contributed by atoms with Gasteiger partial charge in [-0.3, -0.25) is 0 Å². The monoisotopic (exact) mass is 330 g/mol. The third-order valence-corrected chi connectivity index (χ3v) is 4.56. The SMILES string of the molecule is Fc1ccc(/C=C(/CBr)C2CCCCC2)c(Cl)c1. The second kappa shape index (κ2) is 6.72. The summed E-state index contributed by atoms with van der Waals surface area (Å²) in [6.07, 6.45) is 8.61. The summed E-state index contributed by atoms with van der Waals surface area (Å²) in [4.78, 5) is 0. The quantitative estimate of drug-likeness (QED) is 0.611. The first-order valence-electron chi connectivity index (χ1n) is 6.42. The fourth-order valence-corrected chi connectivity index (χ4v) is 3.40. The van der Waals surface area contributed by atoms with Crippen molar-refractivity contribution in [1.29, 1.82) is 0 Å². The summed E-state index contributed by atoms with van der Waals surface area (Å²) in [7, 11) is 0. The summed E-state index contributed by atoms with van der Waals surface area (Å²) in [5.41, 5.74) is 2.29. The summed E-state index contributed by atoms with van der Waals surface area (Å²) in [5, 5.41) is 1.36. The van der Waals surface area contributed by atoms with Crippen LogP contribution in [0.2, 0.25) is 5.02 Å². The Balaban J connectivity index is 2.22. The Morgan fingerprint density at radius 3 is 2.67 bits per heavy atom. The van der Waals surface area contributed by atoms with Crippen molar-refractivity contribution in [3.05, 3.63) is 40.2 Å². The molecule has 0 spiro atoms. The van der Waals surface area contributed by atoms with E-state index >= 15 is 0 Å². The molecule has 0 aliphatic heterocycles. The van der Waals surface area contributed by atoms with E-state index in [4.69, 9.17) is 11.6 Å². The molecule has 0 heterocycles. The van der Waals surface area contributed by atoms with Crippen LogP contribution >= 0.6 is 27.5 Å². The minimum Gasteiger partial charge on any atom is -0.207 e. The maximum Gasteiger partial charge on any atom is 0.124 e. The van der Waals surface area contributed by atoms with Gasteiger partial charge in [0.2, 0.25) is 0 Å². The molecule has 98 valence electrons. The Kier molecular flexibility index (Phi) is 5.25. The third-order valence-electron chi connectivity index (χ3n) is 3.59. The van der Waals surface area contributed by atoms with Gasteiger partial charge in [-0.1, -0.05) is 64.5 Å². The first-order valence-corrected chi connectivity index (χ1v) is 7.92. The van der Waals surface area contributed by atoms with Gasteiger partial charge in [-0.25, -0.2) is 4.39 Å². The Morgan fingerprint density at radius 1 is 1.33 bits per heavy atom. The van der Waals surface area contributed by atoms with Crippen LogP contribution in [-0.2, 0) is 0 Å². The number of hydrogen-bond donors (Lipinski definition) is 0. The highest BCUT2D eigenvalue weighted by Crippen LogP contribution is 2.32. The van der Waals surface area contributed by atoms with Crippen molar-refractivity contribution >= 4 is 33.6 Å². The first kappa shape index (κ1) is 14.1. The van der Waals surface area contributed by atoms with Crippen LogP contribution in [0.1, 0.15) is 37.7 Å². The predicted octanol–water partition coefficient (Wildman–Crippen LogP) is 5.84. The van der Waals surface area contributed by atoms with E-state index in [0.29, 0.717) is 10.9 Å². The first-order chi connectivity index (χ1) is 8.70. The molecule has 0 aromatic heterocycles. The number of halogens is 3. The van der Waals surface area contributed by atoms with E-state index in [2.05, 4.69) is 22.0 Å². The van der Waals surface area contributed by atoms with Crippen molar-refractivity contribution < 1.29 is 4.39 Å². The lowest BCUT2D eigenvalue weighted by Gasteiger charge is -2.23. The summed E-state index contributed by atoms with van der Waals surface area (Å²) in [6, 6.07) is 4.59. The van der Waals surface area contributed by atoms with Gasteiger partial charge in [0.1, 0.15) is 5.82 Å². The average molecular weight is 332 g/mol. The molecule has 0 saturated heterocycles. The number of rotatable bonds is 3. The molecule has 3 heteroatoms. The molecular formula is C15H17BrClF. The van der Waals surface area contributed by atoms with Gasteiger partial charge in [0.15, 0.2) is 0 Å². The lowest BCUT2D eigenvalue weighted by molar-refractivity contribution is 0.405. The van der Waals surface area contributed by atoms with Crippen LogP contribution in [0.4, 0.5) is 4.39 Å². The highest BCUT2D eigenvalue weighted by Gasteiger charge is 2.17. The molecule has 1 saturated carbocycles. The fourth-order valence-electron chi connectivity index (χ4n) is 2.56. The highest BCUT2D eigenvalue weighted by molar-refractivity contribution is 9.09. The van der Waals surface area contributed by atoms with Crippen molar-refractivity contribution in [1.82, 2.24) is 0 Å². The molecule has 1 aliphatic carbocycles. The van der Waals surface area contributed by atoms with Crippen LogP contribution in [0.5, 0.6) is 0 Å². The molecule has 1 fully saturated rings. The molecular weight excluding hydrogens is 315 g/mol. The summed E-state index contributed by atoms with van der Waals surface area (Å²) >= 11 is 9.63. The van der Waals surface area contributed by atoms with E-state index in [0.717, 1.165) is 10.9 Å². The lowest BCUT2D eigenvalue weighted by atomic mass is 9.84. The zero-order chi connectivity index (χ0) is 13.0. The van der Waals surface area contributed by atoms with E-state index < -0.39 is 0 Å². The Labute approximate surface area is 121 Å². The molecule has 0 N–H and O–H groups in total. The molecule has 0 bridgehead atoms. The molecule has 2 rings (SSSR count). The van der Waals surface area contributed by atoms with Crippen molar-refractivity contribution in [2.24, 2.45) is 5.92 Å². The van der Waals surface area contributed by atoms with E-state index in [9.17, 15) is 4.39 Å². The van der Waals surface area contributed by atoms with Gasteiger partial charge in [-0.05, 0) is 36.5 Å². The summed E-state index contributed by atoms with van der Waals surface area (Å²) in [6.45, 7) is 0. The molecule has 1 aliphatic rings. The molecule has 0 amide bonds. The van der Waals surface area contributed by atoms with E-state index in [-0.39, 0.29) is 5.82 Å². The maximum absolute atomic E-state index is 13.0. The maximum atomic E-state index is 13.0. The second-order valence-electron chi connectivity index (χ2n) is 4.85. The molecule has 0 nitrogen and oxygen atoms in total. The van der Waals surface area contributed by atoms with Crippen molar-refractivity contribution in [3.63, 3.8) is 0 Å². The van der Waals surface area contributed by atoms with Crippen molar-refractivity contribution in [2.75, 3.05) is 5.33 Å². The molecule has 1 aromatic rings. The number of benzene rings is 1. The van der Waals surface area contributed by atoms with Gasteiger partial charge in [-0.15, -0.1) is 0 Å². The largest absolute Gasteiger partial charge is 0.207 e. The standard InChI is InChI=1S/C15H17BrClF/c16-10-13(11-4-2-1-3-5-11)8-12-6-7-14(18)9-15(12)17/h6-9,11H,1-5,10H2/b13-8-. The average Bonchev–Trinajstić information content (AvgIpc) is 2.39. The van der Waals surface area contributed by atoms with Gasteiger partial charge in [-0.2, -0.15) is 0 Å². The molecule has 0 unspecified atom stereocenters. The van der Waals surface area contributed by atoms with Gasteiger partial charge in [0.25, 0.3) is 0 Å². The highest BCUT2D eigenvalue weighted by atomic mass is 79.9. The van der Waals surface area contributed by atoms with Crippen LogP contribution in [0.3, 0.4) is 0 Å². The zero-order valence-corrected chi connectivity index (χ0v) is 12.6. The minimum atomic E-state index is -0.282. The Morgan fingerprint density at radius 2 is 2.06 bits per heavy atom. The van der Waals surface area contributed by atoms with Crippen LogP contribution < -0.4 is 0 Å². The molecule has 18 heavy (non-hydrogen) atoms. The van der Waals surface area contributed by atoms with E-state index in [1.165, 1.54) is 49.8 Å². The minimum absolute atomic E-state index is 0.282. The normalized spacial score (nSPS) is 18.1. The summed E-state index contributed by atoms with van der Waals surface area (Å²) in [5.74, 6) is 0.370. The smallest absolute Gasteiger partial charge is 0.124 e. The van der Waals surface area contributed by atoms with Crippen LogP contribution in [0.15, 0.2) is 23.8 Å². The Hall–Kier alpha value is -0.340. The number of alkyl halides is 1. The number of hydrogen-bond acceptors (Lipinski definition) is 0. The van der Waals surface area contributed by atoms with Gasteiger partial charge < -0.3 is 0 Å². The number of allylic oxidation sites excluding steroid dienone is 1. The van der Waals surface area contributed by atoms with Crippen molar-refractivity contribution in [2.45, 2.75) is 32.1 Å².